The van der Waals surface area contributed by atoms with Gasteiger partial charge in [-0.25, -0.2) is 17.7 Å². The summed E-state index contributed by atoms with van der Waals surface area (Å²) in [6, 6.07) is 11.7. The summed E-state index contributed by atoms with van der Waals surface area (Å²) in [5, 5.41) is 7.52. The van der Waals surface area contributed by atoms with Gasteiger partial charge >= 0.3 is 0 Å². The fraction of sp³-hybridized carbons (Fsp3) is 0.150. The molecule has 2 heterocycles. The molecule has 0 aliphatic carbocycles. The number of carbonyl (C=O) groups excluding carboxylic acids is 1. The number of rotatable bonds is 5. The van der Waals surface area contributed by atoms with Gasteiger partial charge in [0.25, 0.3) is 5.91 Å². The van der Waals surface area contributed by atoms with Crippen LogP contribution in [0, 0.1) is 6.92 Å². The number of halogens is 1. The summed E-state index contributed by atoms with van der Waals surface area (Å²) in [5.41, 5.74) is 1.74. The lowest BCUT2D eigenvalue weighted by atomic mass is 10.1. The molecule has 4 aromatic rings. The Balaban J connectivity index is 1.67. The van der Waals surface area contributed by atoms with Crippen LogP contribution in [0.1, 0.15) is 16.1 Å². The first-order valence-corrected chi connectivity index (χ1v) is 11.7. The van der Waals surface area contributed by atoms with Gasteiger partial charge in [0.05, 0.1) is 20.1 Å². The number of benzene rings is 2. The average Bonchev–Trinajstić information content (AvgIpc) is 3.30. The number of anilines is 1. The molecule has 1 amide bonds. The number of aromatic nitrogens is 2. The van der Waals surface area contributed by atoms with Gasteiger partial charge in [-0.3, -0.25) is 10.1 Å². The van der Waals surface area contributed by atoms with Crippen LogP contribution in [0.2, 0.25) is 5.02 Å². The minimum Gasteiger partial charge on any atom is -0.360 e. The van der Waals surface area contributed by atoms with Gasteiger partial charge < -0.3 is 4.52 Å². The molecule has 0 saturated carbocycles. The third kappa shape index (κ3) is 3.94. The molecule has 0 saturated heterocycles. The van der Waals surface area contributed by atoms with Crippen molar-refractivity contribution in [3.05, 3.63) is 58.8 Å². The number of hydrogen-bond acceptors (Lipinski definition) is 7. The van der Waals surface area contributed by atoms with E-state index in [1.807, 2.05) is 0 Å². The maximum Gasteiger partial charge on any atom is 0.263 e. The van der Waals surface area contributed by atoms with Crippen molar-refractivity contribution in [1.29, 1.82) is 0 Å². The van der Waals surface area contributed by atoms with Crippen molar-refractivity contribution in [2.75, 3.05) is 19.4 Å². The third-order valence-corrected chi connectivity index (χ3v) is 7.65. The second-order valence-corrected chi connectivity index (χ2v) is 10.4. The monoisotopic (exact) mass is 476 g/mol. The molecule has 0 atom stereocenters. The Morgan fingerprint density at radius 1 is 1.19 bits per heavy atom. The summed E-state index contributed by atoms with van der Waals surface area (Å²) in [6.45, 7) is 1.64. The standard InChI is InChI=1S/C20H17ClN4O4S2/c1-11-17(18(24-29-11)13-6-4-5-7-14(13)21)19(26)23-20-22-15-9-8-12(10-16(15)30-20)31(27,28)25(2)3/h4-10H,1-3H3,(H,22,23,26). The van der Waals surface area contributed by atoms with Crippen LogP contribution < -0.4 is 5.32 Å². The number of nitrogens with zero attached hydrogens (tertiary/aromatic N) is 3. The molecule has 2 aromatic carbocycles. The largest absolute Gasteiger partial charge is 0.360 e. The SMILES string of the molecule is Cc1onc(-c2ccccc2Cl)c1C(=O)Nc1nc2ccc(S(=O)(=O)N(C)C)cc2s1. The van der Waals surface area contributed by atoms with Crippen molar-refractivity contribution in [3.8, 4) is 11.3 Å². The number of aryl methyl sites for hydroxylation is 1. The van der Waals surface area contributed by atoms with Crippen molar-refractivity contribution < 1.29 is 17.7 Å². The summed E-state index contributed by atoms with van der Waals surface area (Å²) in [5.74, 6) is -0.109. The van der Waals surface area contributed by atoms with E-state index in [0.717, 1.165) is 4.31 Å². The molecule has 8 nitrogen and oxygen atoms in total. The van der Waals surface area contributed by atoms with E-state index in [9.17, 15) is 13.2 Å². The predicted molar refractivity (Wildman–Crippen MR) is 120 cm³/mol. The second kappa shape index (κ2) is 8.04. The van der Waals surface area contributed by atoms with E-state index in [1.165, 1.54) is 37.6 Å². The molecule has 0 radical (unpaired) electrons. The summed E-state index contributed by atoms with van der Waals surface area (Å²) in [4.78, 5) is 17.5. The molecule has 0 aliphatic rings. The summed E-state index contributed by atoms with van der Waals surface area (Å²) >= 11 is 7.43. The lowest BCUT2D eigenvalue weighted by Crippen LogP contribution is -2.22. The van der Waals surface area contributed by atoms with E-state index in [2.05, 4.69) is 15.5 Å². The van der Waals surface area contributed by atoms with Crippen molar-refractivity contribution in [2.24, 2.45) is 0 Å². The average molecular weight is 477 g/mol. The topological polar surface area (TPSA) is 105 Å². The molecule has 0 bridgehead atoms. The molecule has 0 fully saturated rings. The molecule has 11 heteroatoms. The van der Waals surface area contributed by atoms with Gasteiger partial charge in [-0.1, -0.05) is 46.3 Å². The Morgan fingerprint density at radius 2 is 1.94 bits per heavy atom. The highest BCUT2D eigenvalue weighted by molar-refractivity contribution is 7.89. The molecule has 2 aromatic heterocycles. The van der Waals surface area contributed by atoms with Crippen LogP contribution in [0.15, 0.2) is 51.9 Å². The van der Waals surface area contributed by atoms with Crippen LogP contribution in [0.25, 0.3) is 21.5 Å². The van der Waals surface area contributed by atoms with Gasteiger partial charge in [0.2, 0.25) is 10.0 Å². The van der Waals surface area contributed by atoms with Crippen LogP contribution in [-0.4, -0.2) is 42.9 Å². The lowest BCUT2D eigenvalue weighted by Gasteiger charge is -2.10. The summed E-state index contributed by atoms with van der Waals surface area (Å²) < 4.78 is 31.7. The number of hydrogen-bond donors (Lipinski definition) is 1. The molecule has 4 rings (SSSR count). The quantitative estimate of drug-likeness (QED) is 0.457. The highest BCUT2D eigenvalue weighted by Gasteiger charge is 2.24. The van der Waals surface area contributed by atoms with Crippen LogP contribution in [0.5, 0.6) is 0 Å². The van der Waals surface area contributed by atoms with E-state index in [1.54, 1.807) is 37.3 Å². The fourth-order valence-electron chi connectivity index (χ4n) is 2.97. The van der Waals surface area contributed by atoms with Gasteiger partial charge in [0.15, 0.2) is 5.13 Å². The molecular weight excluding hydrogens is 460 g/mol. The normalized spacial score (nSPS) is 11.9. The van der Waals surface area contributed by atoms with Gasteiger partial charge in [-0.2, -0.15) is 0 Å². The van der Waals surface area contributed by atoms with E-state index in [0.29, 0.717) is 37.4 Å². The zero-order valence-electron chi connectivity index (χ0n) is 16.7. The summed E-state index contributed by atoms with van der Waals surface area (Å²) in [6.07, 6.45) is 0. The lowest BCUT2D eigenvalue weighted by molar-refractivity contribution is 0.102. The Kier molecular flexibility index (Phi) is 5.56. The maximum atomic E-state index is 13.0. The summed E-state index contributed by atoms with van der Waals surface area (Å²) in [7, 11) is -0.636. The van der Waals surface area contributed by atoms with Gasteiger partial charge in [-0.05, 0) is 31.2 Å². The molecule has 0 aliphatic heterocycles. The highest BCUT2D eigenvalue weighted by Crippen LogP contribution is 2.33. The fourth-order valence-corrected chi connectivity index (χ4v) is 5.09. The first-order valence-electron chi connectivity index (χ1n) is 9.04. The van der Waals surface area contributed by atoms with E-state index >= 15 is 0 Å². The van der Waals surface area contributed by atoms with Crippen molar-refractivity contribution in [1.82, 2.24) is 14.4 Å². The first-order chi connectivity index (χ1) is 14.7. The first kappa shape index (κ1) is 21.4. The van der Waals surface area contributed by atoms with E-state index in [-0.39, 0.29) is 10.5 Å². The second-order valence-electron chi connectivity index (χ2n) is 6.83. The van der Waals surface area contributed by atoms with E-state index < -0.39 is 15.9 Å². The molecular formula is C20H17ClN4O4S2. The predicted octanol–water partition coefficient (Wildman–Crippen LogP) is 4.42. The molecule has 0 unspecified atom stereocenters. The van der Waals surface area contributed by atoms with Crippen molar-refractivity contribution >= 4 is 54.2 Å². The smallest absolute Gasteiger partial charge is 0.263 e. The Bertz CT molecular complexity index is 1410. The van der Waals surface area contributed by atoms with Gasteiger partial charge in [-0.15, -0.1) is 0 Å². The number of carbonyl (C=O) groups is 1. The minimum atomic E-state index is -3.57. The van der Waals surface area contributed by atoms with E-state index in [4.69, 9.17) is 16.1 Å². The third-order valence-electron chi connectivity index (χ3n) is 4.58. The number of fused-ring (bicyclic) bond motifs is 1. The molecule has 160 valence electrons. The van der Waals surface area contributed by atoms with Crippen molar-refractivity contribution in [2.45, 2.75) is 11.8 Å². The number of thiazole rings is 1. The number of amides is 1. The van der Waals surface area contributed by atoms with Crippen LogP contribution in [0.4, 0.5) is 5.13 Å². The zero-order valence-corrected chi connectivity index (χ0v) is 19.1. The van der Waals surface area contributed by atoms with Crippen LogP contribution >= 0.6 is 22.9 Å². The maximum absolute atomic E-state index is 13.0. The zero-order chi connectivity index (χ0) is 22.3. The number of sulfonamides is 1. The van der Waals surface area contributed by atoms with Gasteiger partial charge in [0, 0.05) is 19.7 Å². The minimum absolute atomic E-state index is 0.155. The highest BCUT2D eigenvalue weighted by atomic mass is 35.5. The molecule has 31 heavy (non-hydrogen) atoms. The van der Waals surface area contributed by atoms with Crippen LogP contribution in [0.3, 0.4) is 0 Å². The van der Waals surface area contributed by atoms with Gasteiger partial charge in [0.1, 0.15) is 17.0 Å². The Labute approximate surface area is 187 Å². The Morgan fingerprint density at radius 3 is 2.65 bits per heavy atom. The number of nitrogens with one attached hydrogen (secondary N) is 1. The Hall–Kier alpha value is -2.79. The van der Waals surface area contributed by atoms with Crippen LogP contribution in [-0.2, 0) is 10.0 Å². The van der Waals surface area contributed by atoms with Crippen molar-refractivity contribution in [3.63, 3.8) is 0 Å². The molecule has 0 spiro atoms. The molecule has 1 N–H and O–H groups in total.